The van der Waals surface area contributed by atoms with E-state index in [1.165, 1.54) is 10.5 Å². The summed E-state index contributed by atoms with van der Waals surface area (Å²) >= 11 is 0. The Labute approximate surface area is 137 Å². The minimum atomic E-state index is -4.48. The van der Waals surface area contributed by atoms with Crippen LogP contribution in [0.2, 0.25) is 0 Å². The van der Waals surface area contributed by atoms with Gasteiger partial charge in [0, 0.05) is 19.3 Å². The Morgan fingerprint density at radius 3 is 2.71 bits per heavy atom. The van der Waals surface area contributed by atoms with Gasteiger partial charge in [-0.1, -0.05) is 0 Å². The lowest BCUT2D eigenvalue weighted by Gasteiger charge is -2.10. The zero-order valence-corrected chi connectivity index (χ0v) is 13.8. The molecular formula is C16H20F3N3O2. The van der Waals surface area contributed by atoms with Crippen LogP contribution in [0.5, 0.6) is 0 Å². The highest BCUT2D eigenvalue weighted by Crippen LogP contribution is 2.29. The van der Waals surface area contributed by atoms with Crippen molar-refractivity contribution in [3.05, 3.63) is 35.3 Å². The Kier molecular flexibility index (Phi) is 5.48. The smallest absolute Gasteiger partial charge is 0.379 e. The molecule has 0 fully saturated rings. The number of aromatic nitrogens is 2. The Morgan fingerprint density at radius 2 is 2.08 bits per heavy atom. The summed E-state index contributed by atoms with van der Waals surface area (Å²) in [5, 5.41) is 2.69. The molecule has 0 saturated carbocycles. The molecule has 24 heavy (non-hydrogen) atoms. The third-order valence-corrected chi connectivity index (χ3v) is 3.39. The molecule has 0 aliphatic rings. The molecule has 0 aliphatic carbocycles. The molecule has 0 spiro atoms. The SMILES string of the molecule is Cc1nc2ccc(C(F)(F)F)cn2c1C(=O)NCCCOC(C)C. The van der Waals surface area contributed by atoms with Crippen molar-refractivity contribution < 1.29 is 22.7 Å². The molecule has 2 rings (SSSR count). The van der Waals surface area contributed by atoms with Gasteiger partial charge in [0.25, 0.3) is 5.91 Å². The van der Waals surface area contributed by atoms with Gasteiger partial charge in [0.1, 0.15) is 11.3 Å². The number of hydrogen-bond acceptors (Lipinski definition) is 3. The number of halogens is 3. The number of imidazole rings is 1. The van der Waals surface area contributed by atoms with Crippen molar-refractivity contribution in [1.29, 1.82) is 0 Å². The number of nitrogens with zero attached hydrogens (tertiary/aromatic N) is 2. The van der Waals surface area contributed by atoms with E-state index in [4.69, 9.17) is 4.74 Å². The lowest BCUT2D eigenvalue weighted by Crippen LogP contribution is -2.27. The molecular weight excluding hydrogens is 323 g/mol. The van der Waals surface area contributed by atoms with Crippen LogP contribution in [0.4, 0.5) is 13.2 Å². The van der Waals surface area contributed by atoms with E-state index in [0.29, 0.717) is 30.9 Å². The summed E-state index contributed by atoms with van der Waals surface area (Å²) < 4.78 is 45.1. The fourth-order valence-electron chi connectivity index (χ4n) is 2.28. The highest BCUT2D eigenvalue weighted by Gasteiger charge is 2.31. The van der Waals surface area contributed by atoms with Gasteiger partial charge in [-0.25, -0.2) is 4.98 Å². The van der Waals surface area contributed by atoms with Crippen LogP contribution in [0.3, 0.4) is 0 Å². The van der Waals surface area contributed by atoms with Crippen molar-refractivity contribution >= 4 is 11.6 Å². The van der Waals surface area contributed by atoms with Crippen molar-refractivity contribution in [2.75, 3.05) is 13.2 Å². The van der Waals surface area contributed by atoms with Crippen LogP contribution < -0.4 is 5.32 Å². The molecule has 5 nitrogen and oxygen atoms in total. The molecule has 2 heterocycles. The number of hydrogen-bond donors (Lipinski definition) is 1. The number of aryl methyl sites for hydroxylation is 1. The molecule has 0 saturated heterocycles. The number of pyridine rings is 1. The first-order valence-corrected chi connectivity index (χ1v) is 7.66. The van der Waals surface area contributed by atoms with E-state index in [-0.39, 0.29) is 11.8 Å². The zero-order valence-electron chi connectivity index (χ0n) is 13.8. The Bertz CT molecular complexity index is 723. The van der Waals surface area contributed by atoms with E-state index in [0.717, 1.165) is 12.3 Å². The van der Waals surface area contributed by atoms with Crippen LogP contribution in [0.25, 0.3) is 5.65 Å². The number of carbonyl (C=O) groups is 1. The molecule has 8 heteroatoms. The summed E-state index contributed by atoms with van der Waals surface area (Å²) in [7, 11) is 0. The topological polar surface area (TPSA) is 55.6 Å². The molecule has 1 N–H and O–H groups in total. The summed E-state index contributed by atoms with van der Waals surface area (Å²) in [4.78, 5) is 16.4. The van der Waals surface area contributed by atoms with E-state index >= 15 is 0 Å². The second kappa shape index (κ2) is 7.21. The molecule has 0 bridgehead atoms. The summed E-state index contributed by atoms with van der Waals surface area (Å²) in [6.07, 6.45) is -2.85. The van der Waals surface area contributed by atoms with Crippen molar-refractivity contribution in [3.8, 4) is 0 Å². The standard InChI is InChI=1S/C16H20F3N3O2/c1-10(2)24-8-4-7-20-15(23)14-11(3)21-13-6-5-12(9-22(13)14)16(17,18)19/h5-6,9-10H,4,7-8H2,1-3H3,(H,20,23). The highest BCUT2D eigenvalue weighted by molar-refractivity contribution is 5.94. The van der Waals surface area contributed by atoms with Crippen molar-refractivity contribution in [3.63, 3.8) is 0 Å². The van der Waals surface area contributed by atoms with Crippen molar-refractivity contribution in [2.24, 2.45) is 0 Å². The van der Waals surface area contributed by atoms with Crippen LogP contribution in [-0.4, -0.2) is 34.5 Å². The number of fused-ring (bicyclic) bond motifs is 1. The van der Waals surface area contributed by atoms with Gasteiger partial charge in [-0.3, -0.25) is 9.20 Å². The molecule has 0 radical (unpaired) electrons. The molecule has 1 amide bonds. The Hall–Kier alpha value is -2.09. The molecule has 2 aromatic rings. The predicted octanol–water partition coefficient (Wildman–Crippen LogP) is 3.21. The van der Waals surface area contributed by atoms with Gasteiger partial charge >= 0.3 is 6.18 Å². The van der Waals surface area contributed by atoms with E-state index in [9.17, 15) is 18.0 Å². The highest BCUT2D eigenvalue weighted by atomic mass is 19.4. The minimum absolute atomic E-state index is 0.112. The zero-order chi connectivity index (χ0) is 17.9. The molecule has 132 valence electrons. The quantitative estimate of drug-likeness (QED) is 0.820. The largest absolute Gasteiger partial charge is 0.417 e. The van der Waals surface area contributed by atoms with Crippen LogP contribution in [0.15, 0.2) is 18.3 Å². The Morgan fingerprint density at radius 1 is 1.38 bits per heavy atom. The molecule has 0 aromatic carbocycles. The Balaban J connectivity index is 2.15. The van der Waals surface area contributed by atoms with Crippen LogP contribution >= 0.6 is 0 Å². The monoisotopic (exact) mass is 343 g/mol. The number of amides is 1. The van der Waals surface area contributed by atoms with Gasteiger partial charge in [-0.15, -0.1) is 0 Å². The van der Waals surface area contributed by atoms with Gasteiger partial charge < -0.3 is 10.1 Å². The van der Waals surface area contributed by atoms with Crippen molar-refractivity contribution in [2.45, 2.75) is 39.5 Å². The van der Waals surface area contributed by atoms with E-state index in [1.807, 2.05) is 13.8 Å². The summed E-state index contributed by atoms with van der Waals surface area (Å²) in [5.74, 6) is -0.455. The van der Waals surface area contributed by atoms with E-state index in [2.05, 4.69) is 10.3 Å². The minimum Gasteiger partial charge on any atom is -0.379 e. The molecule has 0 aliphatic heterocycles. The third kappa shape index (κ3) is 4.25. The van der Waals surface area contributed by atoms with E-state index in [1.54, 1.807) is 6.92 Å². The second-order valence-electron chi connectivity index (χ2n) is 5.72. The maximum Gasteiger partial charge on any atom is 0.417 e. The van der Waals surface area contributed by atoms with E-state index < -0.39 is 17.6 Å². The first kappa shape index (κ1) is 18.3. The first-order chi connectivity index (χ1) is 11.2. The van der Waals surface area contributed by atoms with Crippen LogP contribution in [0, 0.1) is 6.92 Å². The van der Waals surface area contributed by atoms with Crippen molar-refractivity contribution in [1.82, 2.24) is 14.7 Å². The fraction of sp³-hybridized carbons (Fsp3) is 0.500. The number of nitrogens with one attached hydrogen (secondary N) is 1. The number of carbonyl (C=O) groups excluding carboxylic acids is 1. The normalized spacial score (nSPS) is 12.1. The van der Waals surface area contributed by atoms with Crippen LogP contribution in [-0.2, 0) is 10.9 Å². The third-order valence-electron chi connectivity index (χ3n) is 3.39. The number of rotatable bonds is 6. The lowest BCUT2D eigenvalue weighted by molar-refractivity contribution is -0.137. The number of alkyl halides is 3. The van der Waals surface area contributed by atoms with Gasteiger partial charge in [-0.05, 0) is 39.3 Å². The predicted molar refractivity (Wildman–Crippen MR) is 83.0 cm³/mol. The maximum absolute atomic E-state index is 12.9. The maximum atomic E-state index is 12.9. The molecule has 0 unspecified atom stereocenters. The number of ether oxygens (including phenoxy) is 1. The lowest BCUT2D eigenvalue weighted by atomic mass is 10.2. The average molecular weight is 343 g/mol. The summed E-state index contributed by atoms with van der Waals surface area (Å²) in [5.41, 5.74) is -0.0355. The average Bonchev–Trinajstić information content (AvgIpc) is 2.80. The van der Waals surface area contributed by atoms with Gasteiger partial charge in [-0.2, -0.15) is 13.2 Å². The van der Waals surface area contributed by atoms with Gasteiger partial charge in [0.2, 0.25) is 0 Å². The van der Waals surface area contributed by atoms with Gasteiger partial charge in [0.15, 0.2) is 0 Å². The van der Waals surface area contributed by atoms with Gasteiger partial charge in [0.05, 0.1) is 17.4 Å². The molecule has 2 aromatic heterocycles. The summed E-state index contributed by atoms with van der Waals surface area (Å²) in [6, 6.07) is 2.20. The van der Waals surface area contributed by atoms with Crippen LogP contribution in [0.1, 0.15) is 42.0 Å². The first-order valence-electron chi connectivity index (χ1n) is 7.66. The second-order valence-corrected chi connectivity index (χ2v) is 5.72. The summed E-state index contributed by atoms with van der Waals surface area (Å²) in [6.45, 7) is 6.30. The fourth-order valence-corrected chi connectivity index (χ4v) is 2.28. The molecule has 0 atom stereocenters.